The molecule has 0 spiro atoms. The van der Waals surface area contributed by atoms with Gasteiger partial charge in [-0.05, 0) is 49.6 Å². The van der Waals surface area contributed by atoms with Crippen molar-refractivity contribution in [3.63, 3.8) is 0 Å². The monoisotopic (exact) mass is 363 g/mol. The number of fused-ring (bicyclic) bond motifs is 4. The predicted molar refractivity (Wildman–Crippen MR) is 108 cm³/mol. The minimum absolute atomic E-state index is 0.264. The summed E-state index contributed by atoms with van der Waals surface area (Å²) in [6.07, 6.45) is 1.63. The molecule has 5 heteroatoms. The molecule has 0 fully saturated rings. The van der Waals surface area contributed by atoms with Gasteiger partial charge in [0.2, 0.25) is 0 Å². The third-order valence-corrected chi connectivity index (χ3v) is 4.93. The Kier molecular flexibility index (Phi) is 4.54. The summed E-state index contributed by atoms with van der Waals surface area (Å²) in [4.78, 5) is 6.89. The summed E-state index contributed by atoms with van der Waals surface area (Å²) >= 11 is 0. The second-order valence-electron chi connectivity index (χ2n) is 6.49. The highest BCUT2D eigenvalue weighted by atomic mass is 19.1. The van der Waals surface area contributed by atoms with Crippen molar-refractivity contribution < 1.29 is 9.13 Å². The fourth-order valence-electron chi connectivity index (χ4n) is 3.51. The topological polar surface area (TPSA) is 50.8 Å². The summed E-state index contributed by atoms with van der Waals surface area (Å²) in [6.45, 7) is 6.47. The standard InChI is InChI=1S/C22H22FN3O/c1-3-26(4-2)16-6-7-17-14(11-16)5-8-19-22(17)27-21-12-15(9-10-24)18(23)13-20(21)25-19/h5-9,11-13H,3-4,10,24H2,1-2H3/b15-9-. The highest BCUT2D eigenvalue weighted by molar-refractivity contribution is 5.95. The molecule has 0 unspecified atom stereocenters. The minimum Gasteiger partial charge on any atom is -0.452 e. The van der Waals surface area contributed by atoms with E-state index in [-0.39, 0.29) is 12.4 Å². The molecule has 0 saturated heterocycles. The number of nitrogens with two attached hydrogens (primary N) is 1. The zero-order chi connectivity index (χ0) is 19.0. The molecule has 0 aromatic heterocycles. The maximum absolute atomic E-state index is 14.2. The third-order valence-electron chi connectivity index (χ3n) is 4.93. The molecule has 0 amide bonds. The van der Waals surface area contributed by atoms with Crippen molar-refractivity contribution in [3.8, 4) is 11.5 Å². The van der Waals surface area contributed by atoms with Gasteiger partial charge in [0.25, 0.3) is 0 Å². The van der Waals surface area contributed by atoms with Crippen molar-refractivity contribution >= 4 is 28.2 Å². The molecular formula is C22H22FN3O. The zero-order valence-electron chi connectivity index (χ0n) is 15.5. The molecular weight excluding hydrogens is 341 g/mol. The van der Waals surface area contributed by atoms with E-state index >= 15 is 0 Å². The summed E-state index contributed by atoms with van der Waals surface area (Å²) in [5.74, 6) is 0.903. The van der Waals surface area contributed by atoms with Crippen molar-refractivity contribution in [1.82, 2.24) is 0 Å². The molecule has 4 nitrogen and oxygen atoms in total. The normalized spacial score (nSPS) is 13.0. The summed E-state index contributed by atoms with van der Waals surface area (Å²) in [6, 6.07) is 13.3. The van der Waals surface area contributed by atoms with E-state index in [2.05, 4.69) is 41.9 Å². The SMILES string of the molecule is CCN(CC)c1ccc2c3c(ccc2c1)N=c1cc(F)/c(=C\CN)cc1O3. The summed E-state index contributed by atoms with van der Waals surface area (Å²) in [5.41, 5.74) is 7.42. The van der Waals surface area contributed by atoms with E-state index in [1.807, 2.05) is 12.1 Å². The van der Waals surface area contributed by atoms with E-state index in [0.29, 0.717) is 27.8 Å². The highest BCUT2D eigenvalue weighted by Crippen LogP contribution is 2.41. The van der Waals surface area contributed by atoms with Gasteiger partial charge in [-0.15, -0.1) is 0 Å². The van der Waals surface area contributed by atoms with E-state index in [1.54, 1.807) is 12.1 Å². The van der Waals surface area contributed by atoms with Crippen LogP contribution in [0.1, 0.15) is 13.8 Å². The lowest BCUT2D eigenvalue weighted by Gasteiger charge is -2.22. The van der Waals surface area contributed by atoms with Crippen LogP contribution in [-0.2, 0) is 0 Å². The van der Waals surface area contributed by atoms with Gasteiger partial charge in [-0.1, -0.05) is 12.1 Å². The molecule has 3 aromatic rings. The molecule has 0 radical (unpaired) electrons. The third kappa shape index (κ3) is 3.04. The first-order valence-corrected chi connectivity index (χ1v) is 9.22. The Morgan fingerprint density at radius 2 is 1.93 bits per heavy atom. The first-order valence-electron chi connectivity index (χ1n) is 9.22. The smallest absolute Gasteiger partial charge is 0.160 e. The maximum atomic E-state index is 14.2. The van der Waals surface area contributed by atoms with Gasteiger partial charge in [0.1, 0.15) is 16.9 Å². The number of ether oxygens (including phenoxy) is 1. The molecule has 0 atom stereocenters. The van der Waals surface area contributed by atoms with Crippen LogP contribution in [0.3, 0.4) is 0 Å². The van der Waals surface area contributed by atoms with Crippen molar-refractivity contribution in [3.05, 3.63) is 58.9 Å². The molecule has 27 heavy (non-hydrogen) atoms. The van der Waals surface area contributed by atoms with Gasteiger partial charge in [-0.25, -0.2) is 9.38 Å². The van der Waals surface area contributed by atoms with Gasteiger partial charge in [0.05, 0.1) is 0 Å². The molecule has 0 bridgehead atoms. The summed E-state index contributed by atoms with van der Waals surface area (Å²) in [5, 5.41) is 3.01. The van der Waals surface area contributed by atoms with Crippen molar-refractivity contribution in [2.24, 2.45) is 10.7 Å². The van der Waals surface area contributed by atoms with Gasteiger partial charge in [0, 0.05) is 42.0 Å². The first kappa shape index (κ1) is 17.5. The van der Waals surface area contributed by atoms with Gasteiger partial charge in [-0.2, -0.15) is 0 Å². The van der Waals surface area contributed by atoms with Crippen LogP contribution in [0.5, 0.6) is 11.5 Å². The fourth-order valence-corrected chi connectivity index (χ4v) is 3.51. The minimum atomic E-state index is -0.348. The molecule has 0 saturated carbocycles. The van der Waals surface area contributed by atoms with Crippen LogP contribution in [0.15, 0.2) is 47.5 Å². The quantitative estimate of drug-likeness (QED) is 0.602. The van der Waals surface area contributed by atoms with Crippen molar-refractivity contribution in [2.75, 3.05) is 24.5 Å². The van der Waals surface area contributed by atoms with Crippen LogP contribution in [0.25, 0.3) is 16.8 Å². The van der Waals surface area contributed by atoms with Crippen molar-refractivity contribution in [1.29, 1.82) is 0 Å². The van der Waals surface area contributed by atoms with Gasteiger partial charge >= 0.3 is 0 Å². The number of rotatable bonds is 4. The fraction of sp³-hybridized carbons (Fsp3) is 0.227. The molecule has 1 aliphatic rings. The maximum Gasteiger partial charge on any atom is 0.160 e. The average Bonchev–Trinajstić information content (AvgIpc) is 2.68. The van der Waals surface area contributed by atoms with E-state index in [0.717, 1.165) is 23.9 Å². The summed E-state index contributed by atoms with van der Waals surface area (Å²) in [7, 11) is 0. The first-order chi connectivity index (χ1) is 13.1. The molecule has 138 valence electrons. The number of nitrogens with zero attached hydrogens (tertiary/aromatic N) is 2. The van der Waals surface area contributed by atoms with E-state index in [4.69, 9.17) is 10.5 Å². The average molecular weight is 363 g/mol. The predicted octanol–water partition coefficient (Wildman–Crippen LogP) is 3.62. The van der Waals surface area contributed by atoms with Crippen LogP contribution >= 0.6 is 0 Å². The molecule has 2 N–H and O–H groups in total. The number of hydrogen-bond acceptors (Lipinski definition) is 4. The van der Waals surface area contributed by atoms with Gasteiger partial charge in [-0.3, -0.25) is 0 Å². The van der Waals surface area contributed by atoms with E-state index < -0.39 is 0 Å². The lowest BCUT2D eigenvalue weighted by molar-refractivity contribution is 0.471. The Labute approximate surface area is 157 Å². The Morgan fingerprint density at radius 3 is 2.67 bits per heavy atom. The van der Waals surface area contributed by atoms with Crippen LogP contribution in [-0.4, -0.2) is 19.6 Å². The molecule has 1 heterocycles. The summed E-state index contributed by atoms with van der Waals surface area (Å²) < 4.78 is 20.3. The zero-order valence-corrected chi connectivity index (χ0v) is 15.5. The van der Waals surface area contributed by atoms with Crippen LogP contribution < -0.4 is 25.9 Å². The molecule has 1 aliphatic heterocycles. The van der Waals surface area contributed by atoms with E-state index in [1.165, 1.54) is 11.8 Å². The van der Waals surface area contributed by atoms with Crippen LogP contribution in [0.2, 0.25) is 0 Å². The van der Waals surface area contributed by atoms with E-state index in [9.17, 15) is 4.39 Å². The van der Waals surface area contributed by atoms with Crippen LogP contribution in [0, 0.1) is 5.82 Å². The number of halogens is 1. The molecule has 0 aliphatic carbocycles. The second-order valence-corrected chi connectivity index (χ2v) is 6.49. The lowest BCUT2D eigenvalue weighted by atomic mass is 10.1. The van der Waals surface area contributed by atoms with Crippen LogP contribution in [0.4, 0.5) is 15.8 Å². The number of hydrogen-bond donors (Lipinski definition) is 1. The van der Waals surface area contributed by atoms with Gasteiger partial charge < -0.3 is 15.4 Å². The Morgan fingerprint density at radius 1 is 1.11 bits per heavy atom. The number of anilines is 1. The van der Waals surface area contributed by atoms with Crippen molar-refractivity contribution in [2.45, 2.75) is 13.8 Å². The lowest BCUT2D eigenvalue weighted by Crippen LogP contribution is -2.21. The highest BCUT2D eigenvalue weighted by Gasteiger charge is 2.17. The largest absolute Gasteiger partial charge is 0.452 e. The number of benzene rings is 3. The Bertz CT molecular complexity index is 1140. The van der Waals surface area contributed by atoms with Gasteiger partial charge in [0.15, 0.2) is 11.5 Å². The second kappa shape index (κ2) is 7.00. The molecule has 4 rings (SSSR count). The Balaban J connectivity index is 1.87. The molecule has 3 aromatic carbocycles. The Hall–Kier alpha value is -2.92.